The first-order chi connectivity index (χ1) is 13.2. The zero-order valence-corrected chi connectivity index (χ0v) is 14.6. The van der Waals surface area contributed by atoms with E-state index in [1.165, 1.54) is 12.1 Å². The van der Waals surface area contributed by atoms with Crippen molar-refractivity contribution in [2.75, 3.05) is 12.8 Å². The lowest BCUT2D eigenvalue weighted by molar-refractivity contribution is 0.415. The summed E-state index contributed by atoms with van der Waals surface area (Å²) in [5.74, 6) is 0.575. The number of hydrogen-bond donors (Lipinski definition) is 2. The average molecular weight is 360 g/mol. The van der Waals surface area contributed by atoms with Crippen LogP contribution in [0.2, 0.25) is 0 Å². The highest BCUT2D eigenvalue weighted by Crippen LogP contribution is 2.37. The average Bonchev–Trinajstić information content (AvgIpc) is 3.15. The van der Waals surface area contributed by atoms with Crippen LogP contribution in [-0.4, -0.2) is 22.1 Å². The van der Waals surface area contributed by atoms with Crippen LogP contribution in [-0.2, 0) is 0 Å². The van der Waals surface area contributed by atoms with Crippen LogP contribution in [0.5, 0.6) is 5.75 Å². The molecule has 4 aromatic rings. The number of anilines is 1. The molecule has 0 aliphatic heterocycles. The number of H-pyrrole nitrogens is 1. The van der Waals surface area contributed by atoms with Crippen LogP contribution < -0.4 is 10.5 Å². The summed E-state index contributed by atoms with van der Waals surface area (Å²) in [7, 11) is 1.56. The number of aromatic amines is 1. The maximum absolute atomic E-state index is 13.3. The van der Waals surface area contributed by atoms with Crippen LogP contribution in [0.25, 0.3) is 33.6 Å². The highest BCUT2D eigenvalue weighted by Gasteiger charge is 2.15. The number of nitrogens with zero attached hydrogens (tertiary/aromatic N) is 2. The minimum Gasteiger partial charge on any atom is -0.493 e. The molecule has 1 aromatic carbocycles. The Balaban J connectivity index is 1.90. The summed E-state index contributed by atoms with van der Waals surface area (Å²) < 4.78 is 18.6. The molecule has 3 heterocycles. The second kappa shape index (κ2) is 6.92. The summed E-state index contributed by atoms with van der Waals surface area (Å²) in [5.41, 5.74) is 11.3. The zero-order chi connectivity index (χ0) is 18.8. The molecule has 4 rings (SSSR count). The summed E-state index contributed by atoms with van der Waals surface area (Å²) in [5, 5.41) is 0. The standard InChI is InChI=1S/C21H17FN4O/c1-27-19-10-15(12-25-21(19)23)17-11-18(13-2-4-16(22)5-3-13)26-20(17)14-6-8-24-9-7-14/h2-12,26H,1H3,(H2,23,25). The number of pyridine rings is 2. The first-order valence-electron chi connectivity index (χ1n) is 8.35. The summed E-state index contributed by atoms with van der Waals surface area (Å²) in [6, 6.07) is 14.1. The van der Waals surface area contributed by atoms with Crippen LogP contribution >= 0.6 is 0 Å². The largest absolute Gasteiger partial charge is 0.493 e. The van der Waals surface area contributed by atoms with Crippen molar-refractivity contribution in [2.45, 2.75) is 0 Å². The van der Waals surface area contributed by atoms with Crippen molar-refractivity contribution in [3.05, 3.63) is 72.9 Å². The van der Waals surface area contributed by atoms with Gasteiger partial charge in [0.2, 0.25) is 0 Å². The molecule has 0 bridgehead atoms. The number of nitrogen functional groups attached to an aromatic ring is 1. The minimum atomic E-state index is -0.271. The quantitative estimate of drug-likeness (QED) is 0.560. The van der Waals surface area contributed by atoms with Crippen molar-refractivity contribution < 1.29 is 9.13 Å². The van der Waals surface area contributed by atoms with Gasteiger partial charge in [0.05, 0.1) is 12.8 Å². The van der Waals surface area contributed by atoms with Gasteiger partial charge in [-0.15, -0.1) is 0 Å². The molecule has 0 aliphatic carbocycles. The molecule has 0 fully saturated rings. The molecule has 0 atom stereocenters. The Morgan fingerprint density at radius 1 is 0.963 bits per heavy atom. The number of hydrogen-bond acceptors (Lipinski definition) is 4. The van der Waals surface area contributed by atoms with Gasteiger partial charge in [0.25, 0.3) is 0 Å². The Kier molecular flexibility index (Phi) is 4.30. The van der Waals surface area contributed by atoms with Gasteiger partial charge in [0.1, 0.15) is 5.82 Å². The highest BCUT2D eigenvalue weighted by atomic mass is 19.1. The fourth-order valence-corrected chi connectivity index (χ4v) is 2.98. The summed E-state index contributed by atoms with van der Waals surface area (Å²) >= 11 is 0. The predicted molar refractivity (Wildman–Crippen MR) is 104 cm³/mol. The van der Waals surface area contributed by atoms with E-state index in [-0.39, 0.29) is 5.82 Å². The summed E-state index contributed by atoms with van der Waals surface area (Å²) in [6.45, 7) is 0. The van der Waals surface area contributed by atoms with Crippen molar-refractivity contribution >= 4 is 5.82 Å². The lowest BCUT2D eigenvalue weighted by Gasteiger charge is -2.08. The molecule has 0 saturated heterocycles. The van der Waals surface area contributed by atoms with Crippen molar-refractivity contribution in [1.29, 1.82) is 0 Å². The third-order valence-corrected chi connectivity index (χ3v) is 4.35. The molecule has 6 heteroatoms. The molecular weight excluding hydrogens is 343 g/mol. The second-order valence-electron chi connectivity index (χ2n) is 6.03. The van der Waals surface area contributed by atoms with Crippen LogP contribution in [0, 0.1) is 5.82 Å². The Bertz CT molecular complexity index is 1080. The number of nitrogens with two attached hydrogens (primary N) is 1. The van der Waals surface area contributed by atoms with Crippen molar-refractivity contribution in [2.24, 2.45) is 0 Å². The molecule has 134 valence electrons. The van der Waals surface area contributed by atoms with E-state index < -0.39 is 0 Å². The van der Waals surface area contributed by atoms with Gasteiger partial charge >= 0.3 is 0 Å². The van der Waals surface area contributed by atoms with E-state index >= 15 is 0 Å². The maximum atomic E-state index is 13.3. The predicted octanol–water partition coefficient (Wildman–Crippen LogP) is 4.54. The van der Waals surface area contributed by atoms with Crippen LogP contribution in [0.4, 0.5) is 10.2 Å². The number of nitrogens with one attached hydrogen (secondary N) is 1. The number of ether oxygens (including phenoxy) is 1. The lowest BCUT2D eigenvalue weighted by atomic mass is 10.0. The van der Waals surface area contributed by atoms with E-state index in [9.17, 15) is 4.39 Å². The Morgan fingerprint density at radius 3 is 2.41 bits per heavy atom. The maximum Gasteiger partial charge on any atom is 0.166 e. The van der Waals surface area contributed by atoms with Gasteiger partial charge in [-0.3, -0.25) is 4.98 Å². The Morgan fingerprint density at radius 2 is 1.70 bits per heavy atom. The molecule has 0 spiro atoms. The monoisotopic (exact) mass is 360 g/mol. The lowest BCUT2D eigenvalue weighted by Crippen LogP contribution is -1.96. The highest BCUT2D eigenvalue weighted by molar-refractivity contribution is 5.86. The van der Waals surface area contributed by atoms with Gasteiger partial charge < -0.3 is 15.5 Å². The number of rotatable bonds is 4. The van der Waals surface area contributed by atoms with Gasteiger partial charge in [-0.05, 0) is 54.1 Å². The molecule has 0 aliphatic rings. The molecule has 0 saturated carbocycles. The van der Waals surface area contributed by atoms with E-state index in [0.29, 0.717) is 11.6 Å². The van der Waals surface area contributed by atoms with Crippen LogP contribution in [0.3, 0.4) is 0 Å². The van der Waals surface area contributed by atoms with E-state index in [4.69, 9.17) is 10.5 Å². The fraction of sp³-hybridized carbons (Fsp3) is 0.0476. The molecule has 0 unspecified atom stereocenters. The van der Waals surface area contributed by atoms with E-state index in [1.807, 2.05) is 24.3 Å². The SMILES string of the molecule is COc1cc(-c2cc(-c3ccc(F)cc3)[nH]c2-c2ccncc2)cnc1N. The van der Waals surface area contributed by atoms with Crippen molar-refractivity contribution in [1.82, 2.24) is 15.0 Å². The third kappa shape index (κ3) is 3.25. The molecule has 27 heavy (non-hydrogen) atoms. The Hall–Kier alpha value is -3.67. The second-order valence-corrected chi connectivity index (χ2v) is 6.03. The number of methoxy groups -OCH3 is 1. The smallest absolute Gasteiger partial charge is 0.166 e. The molecule has 0 radical (unpaired) electrons. The Labute approximate surface area is 155 Å². The van der Waals surface area contributed by atoms with E-state index in [1.54, 1.807) is 37.8 Å². The van der Waals surface area contributed by atoms with Gasteiger partial charge in [0.15, 0.2) is 11.6 Å². The summed E-state index contributed by atoms with van der Waals surface area (Å²) in [6.07, 6.45) is 5.18. The van der Waals surface area contributed by atoms with Crippen LogP contribution in [0.1, 0.15) is 0 Å². The van der Waals surface area contributed by atoms with Gasteiger partial charge in [0, 0.05) is 41.0 Å². The van der Waals surface area contributed by atoms with E-state index in [0.717, 1.165) is 33.6 Å². The van der Waals surface area contributed by atoms with Crippen molar-refractivity contribution in [3.63, 3.8) is 0 Å². The number of halogens is 1. The number of aromatic nitrogens is 3. The topological polar surface area (TPSA) is 76.8 Å². The zero-order valence-electron chi connectivity index (χ0n) is 14.6. The third-order valence-electron chi connectivity index (χ3n) is 4.35. The van der Waals surface area contributed by atoms with Gasteiger partial charge in [-0.2, -0.15) is 0 Å². The summed E-state index contributed by atoms with van der Waals surface area (Å²) in [4.78, 5) is 11.7. The van der Waals surface area contributed by atoms with Crippen LogP contribution in [0.15, 0.2) is 67.1 Å². The first-order valence-corrected chi connectivity index (χ1v) is 8.35. The fourth-order valence-electron chi connectivity index (χ4n) is 2.98. The van der Waals surface area contributed by atoms with E-state index in [2.05, 4.69) is 15.0 Å². The van der Waals surface area contributed by atoms with Gasteiger partial charge in [-0.25, -0.2) is 9.37 Å². The molecule has 0 amide bonds. The van der Waals surface area contributed by atoms with Crippen molar-refractivity contribution in [3.8, 4) is 39.4 Å². The molecule has 5 nitrogen and oxygen atoms in total. The normalized spacial score (nSPS) is 10.7. The minimum absolute atomic E-state index is 0.271. The number of benzene rings is 1. The first kappa shape index (κ1) is 16.8. The molecule has 3 N–H and O–H groups in total. The molecular formula is C21H17FN4O. The van der Waals surface area contributed by atoms with Gasteiger partial charge in [-0.1, -0.05) is 0 Å². The molecule has 3 aromatic heterocycles.